The number of hydrogen-bond acceptors (Lipinski definition) is 4. The molecule has 1 aromatic carbocycles. The Morgan fingerprint density at radius 2 is 2.17 bits per heavy atom. The minimum Gasteiger partial charge on any atom is -0.355 e. The quantitative estimate of drug-likeness (QED) is 0.804. The predicted molar refractivity (Wildman–Crippen MR) is 88.4 cm³/mol. The van der Waals surface area contributed by atoms with Gasteiger partial charge in [-0.05, 0) is 18.4 Å². The third-order valence-corrected chi connectivity index (χ3v) is 4.49. The summed E-state index contributed by atoms with van der Waals surface area (Å²) in [7, 11) is 0. The molecule has 1 N–H and O–H groups in total. The summed E-state index contributed by atoms with van der Waals surface area (Å²) in [5.41, 5.74) is 2.43. The molecule has 24 heavy (non-hydrogen) atoms. The Kier molecular flexibility index (Phi) is 3.86. The summed E-state index contributed by atoms with van der Waals surface area (Å²) in [6, 6.07) is 11.4. The molecule has 6 heteroatoms. The molecule has 0 spiro atoms. The van der Waals surface area contributed by atoms with Crippen molar-refractivity contribution in [3.63, 3.8) is 0 Å². The van der Waals surface area contributed by atoms with E-state index in [0.29, 0.717) is 23.9 Å². The van der Waals surface area contributed by atoms with Crippen molar-refractivity contribution in [2.24, 2.45) is 0 Å². The highest BCUT2D eigenvalue weighted by molar-refractivity contribution is 5.93. The third-order valence-electron chi connectivity index (χ3n) is 4.49. The molecule has 2 aromatic heterocycles. The van der Waals surface area contributed by atoms with E-state index in [1.165, 1.54) is 0 Å². The molecular formula is C18H18N4O2. The molecule has 1 aliphatic rings. The van der Waals surface area contributed by atoms with Crippen LogP contribution in [0.2, 0.25) is 0 Å². The first-order valence-electron chi connectivity index (χ1n) is 8.11. The van der Waals surface area contributed by atoms with Crippen molar-refractivity contribution >= 4 is 5.91 Å². The summed E-state index contributed by atoms with van der Waals surface area (Å²) in [5, 5.41) is 10.8. The van der Waals surface area contributed by atoms with Crippen LogP contribution in [-0.4, -0.2) is 39.3 Å². The molecule has 122 valence electrons. The van der Waals surface area contributed by atoms with Gasteiger partial charge >= 0.3 is 0 Å². The number of H-pyrrole nitrogens is 1. The number of nitrogens with zero attached hydrogens (tertiary/aromatic N) is 3. The highest BCUT2D eigenvalue weighted by atomic mass is 16.5. The van der Waals surface area contributed by atoms with E-state index in [1.807, 2.05) is 47.6 Å². The number of benzene rings is 1. The van der Waals surface area contributed by atoms with Gasteiger partial charge in [0.25, 0.3) is 5.91 Å². The summed E-state index contributed by atoms with van der Waals surface area (Å²) in [6.45, 7) is 1.44. The van der Waals surface area contributed by atoms with E-state index in [1.54, 1.807) is 6.07 Å². The van der Waals surface area contributed by atoms with Gasteiger partial charge in [-0.15, -0.1) is 0 Å². The average molecular weight is 322 g/mol. The molecule has 0 radical (unpaired) electrons. The van der Waals surface area contributed by atoms with Crippen molar-refractivity contribution in [1.82, 2.24) is 20.3 Å². The second kappa shape index (κ2) is 6.31. The number of carbonyl (C=O) groups is 1. The first-order valence-corrected chi connectivity index (χ1v) is 8.11. The van der Waals surface area contributed by atoms with Gasteiger partial charge in [0.2, 0.25) is 0 Å². The van der Waals surface area contributed by atoms with Gasteiger partial charge in [0, 0.05) is 36.8 Å². The van der Waals surface area contributed by atoms with E-state index >= 15 is 0 Å². The Bertz CT molecular complexity index is 811. The van der Waals surface area contributed by atoms with Crippen molar-refractivity contribution in [2.75, 3.05) is 13.1 Å². The molecule has 4 rings (SSSR count). The number of aromatic nitrogens is 3. The molecule has 0 aliphatic carbocycles. The number of nitrogens with one attached hydrogen (secondary N) is 1. The molecule has 0 bridgehead atoms. The fraction of sp³-hybridized carbons (Fsp3) is 0.278. The first kappa shape index (κ1) is 14.7. The van der Waals surface area contributed by atoms with E-state index in [0.717, 1.165) is 30.5 Å². The summed E-state index contributed by atoms with van der Waals surface area (Å²) in [5.74, 6) is 0.860. The first-order chi connectivity index (χ1) is 11.8. The second-order valence-corrected chi connectivity index (χ2v) is 6.06. The number of piperidine rings is 1. The molecule has 1 aliphatic heterocycles. The lowest BCUT2D eigenvalue weighted by atomic mass is 9.92. The molecule has 1 amide bonds. The fourth-order valence-corrected chi connectivity index (χ4v) is 3.19. The number of amides is 1. The summed E-state index contributed by atoms with van der Waals surface area (Å²) in [4.78, 5) is 14.6. The molecule has 1 atom stereocenters. The van der Waals surface area contributed by atoms with E-state index in [9.17, 15) is 4.79 Å². The summed E-state index contributed by atoms with van der Waals surface area (Å²) in [6.07, 6.45) is 5.78. The van der Waals surface area contributed by atoms with E-state index in [4.69, 9.17) is 4.52 Å². The zero-order chi connectivity index (χ0) is 16.4. The van der Waals surface area contributed by atoms with Gasteiger partial charge < -0.3 is 9.42 Å². The van der Waals surface area contributed by atoms with Gasteiger partial charge in [0.05, 0.1) is 6.20 Å². The van der Waals surface area contributed by atoms with Crippen molar-refractivity contribution in [1.29, 1.82) is 0 Å². The van der Waals surface area contributed by atoms with Gasteiger partial charge in [-0.1, -0.05) is 35.5 Å². The van der Waals surface area contributed by atoms with Crippen LogP contribution in [0.15, 0.2) is 53.3 Å². The van der Waals surface area contributed by atoms with Crippen LogP contribution in [0.3, 0.4) is 0 Å². The molecule has 0 unspecified atom stereocenters. The van der Waals surface area contributed by atoms with E-state index in [-0.39, 0.29) is 5.91 Å². The van der Waals surface area contributed by atoms with Crippen LogP contribution >= 0.6 is 0 Å². The Morgan fingerprint density at radius 1 is 1.29 bits per heavy atom. The van der Waals surface area contributed by atoms with Crippen molar-refractivity contribution in [3.05, 3.63) is 60.0 Å². The Balaban J connectivity index is 1.50. The van der Waals surface area contributed by atoms with Crippen LogP contribution in [0.25, 0.3) is 11.3 Å². The summed E-state index contributed by atoms with van der Waals surface area (Å²) < 4.78 is 5.35. The van der Waals surface area contributed by atoms with Gasteiger partial charge in [-0.2, -0.15) is 5.10 Å². The minimum atomic E-state index is -0.0749. The number of likely N-dealkylation sites (tertiary alicyclic amines) is 1. The maximum absolute atomic E-state index is 12.7. The fourth-order valence-electron chi connectivity index (χ4n) is 3.19. The van der Waals surface area contributed by atoms with E-state index in [2.05, 4.69) is 15.4 Å². The predicted octanol–water partition coefficient (Wildman–Crippen LogP) is 3.08. The molecule has 3 heterocycles. The molecule has 6 nitrogen and oxygen atoms in total. The second-order valence-electron chi connectivity index (χ2n) is 6.06. The van der Waals surface area contributed by atoms with Crippen LogP contribution in [0, 0.1) is 0 Å². The topological polar surface area (TPSA) is 75.0 Å². The van der Waals surface area contributed by atoms with Crippen molar-refractivity contribution < 1.29 is 9.32 Å². The summed E-state index contributed by atoms with van der Waals surface area (Å²) >= 11 is 0. The van der Waals surface area contributed by atoms with Crippen LogP contribution in [0.4, 0.5) is 0 Å². The monoisotopic (exact) mass is 322 g/mol. The number of hydrogen-bond donors (Lipinski definition) is 1. The number of carbonyl (C=O) groups excluding carboxylic acids is 1. The minimum absolute atomic E-state index is 0.0749. The van der Waals surface area contributed by atoms with Crippen LogP contribution in [0.1, 0.15) is 34.8 Å². The lowest BCUT2D eigenvalue weighted by Gasteiger charge is -2.31. The Hall–Kier alpha value is -2.89. The zero-order valence-corrected chi connectivity index (χ0v) is 13.2. The van der Waals surface area contributed by atoms with Gasteiger partial charge in [0.1, 0.15) is 0 Å². The highest BCUT2D eigenvalue weighted by Crippen LogP contribution is 2.27. The van der Waals surface area contributed by atoms with Crippen LogP contribution in [0.5, 0.6) is 0 Å². The third kappa shape index (κ3) is 2.82. The molecule has 1 fully saturated rings. The number of rotatable bonds is 3. The van der Waals surface area contributed by atoms with E-state index < -0.39 is 0 Å². The smallest absolute Gasteiger partial charge is 0.276 e. The molecular weight excluding hydrogens is 304 g/mol. The van der Waals surface area contributed by atoms with Crippen LogP contribution in [-0.2, 0) is 0 Å². The van der Waals surface area contributed by atoms with Gasteiger partial charge in [0.15, 0.2) is 11.5 Å². The number of aromatic amines is 1. The molecule has 1 saturated heterocycles. The maximum atomic E-state index is 12.7. The van der Waals surface area contributed by atoms with Gasteiger partial charge in [-0.3, -0.25) is 9.89 Å². The lowest BCUT2D eigenvalue weighted by Crippen LogP contribution is -2.39. The normalized spacial score (nSPS) is 17.8. The SMILES string of the molecule is O=C(c1cc(-c2ccccc2)on1)N1CCC[C@@H](c2cn[nH]c2)C1. The highest BCUT2D eigenvalue weighted by Gasteiger charge is 2.27. The lowest BCUT2D eigenvalue weighted by molar-refractivity contribution is 0.0696. The standard InChI is InChI=1S/C18H18N4O2/c23-18(16-9-17(24-21-16)13-5-2-1-3-6-13)22-8-4-7-14(12-22)15-10-19-20-11-15/h1-3,5-6,9-11,14H,4,7-8,12H2,(H,19,20)/t14-/m1/s1. The van der Waals surface area contributed by atoms with Crippen LogP contribution < -0.4 is 0 Å². The van der Waals surface area contributed by atoms with Crippen molar-refractivity contribution in [2.45, 2.75) is 18.8 Å². The van der Waals surface area contributed by atoms with Gasteiger partial charge in [-0.25, -0.2) is 0 Å². The Morgan fingerprint density at radius 3 is 2.96 bits per heavy atom. The van der Waals surface area contributed by atoms with Crippen molar-refractivity contribution in [3.8, 4) is 11.3 Å². The largest absolute Gasteiger partial charge is 0.355 e. The average Bonchev–Trinajstić information content (AvgIpc) is 3.34. The molecule has 3 aromatic rings. The maximum Gasteiger partial charge on any atom is 0.276 e. The zero-order valence-electron chi connectivity index (χ0n) is 13.2. The Labute approximate surface area is 139 Å². The molecule has 0 saturated carbocycles.